The van der Waals surface area contributed by atoms with E-state index < -0.39 is 45.7 Å². The van der Waals surface area contributed by atoms with E-state index in [1.807, 2.05) is 0 Å². The molecular weight excluding hydrogens is 438 g/mol. The number of amides is 2. The average molecular weight is 470 g/mol. The van der Waals surface area contributed by atoms with E-state index in [9.17, 15) is 22.8 Å². The highest BCUT2D eigenvalue weighted by Gasteiger charge is 2.40. The Labute approximate surface area is 188 Å². The van der Waals surface area contributed by atoms with E-state index in [2.05, 4.69) is 10.6 Å². The van der Waals surface area contributed by atoms with Crippen molar-refractivity contribution in [3.8, 4) is 0 Å². The van der Waals surface area contributed by atoms with Gasteiger partial charge in [-0.3, -0.25) is 4.79 Å². The Balaban J connectivity index is 2.04. The number of carbonyl (C=O) groups excluding carboxylic acids is 3. The van der Waals surface area contributed by atoms with Gasteiger partial charge < -0.3 is 20.1 Å². The van der Waals surface area contributed by atoms with Crippen molar-refractivity contribution in [1.29, 1.82) is 0 Å². The molecule has 32 heavy (non-hydrogen) atoms. The number of rotatable bonds is 8. The van der Waals surface area contributed by atoms with Gasteiger partial charge in [-0.15, -0.1) is 0 Å². The second kappa shape index (κ2) is 10.8. The van der Waals surface area contributed by atoms with Gasteiger partial charge in [0.1, 0.15) is 17.7 Å². The molecule has 0 saturated carbocycles. The maximum Gasteiger partial charge on any atom is 0.407 e. The van der Waals surface area contributed by atoms with Crippen molar-refractivity contribution in [3.63, 3.8) is 0 Å². The summed E-state index contributed by atoms with van der Waals surface area (Å²) in [6.07, 6.45) is 0.258. The average Bonchev–Trinajstić information content (AvgIpc) is 3.22. The number of carbonyl (C=O) groups is 3. The van der Waals surface area contributed by atoms with Gasteiger partial charge >= 0.3 is 12.1 Å². The van der Waals surface area contributed by atoms with Crippen LogP contribution >= 0.6 is 0 Å². The highest BCUT2D eigenvalue weighted by molar-refractivity contribution is 7.89. The van der Waals surface area contributed by atoms with Crippen LogP contribution in [0.2, 0.25) is 0 Å². The van der Waals surface area contributed by atoms with Crippen molar-refractivity contribution in [2.24, 2.45) is 0 Å². The molecule has 1 aliphatic heterocycles. The topological polar surface area (TPSA) is 131 Å². The van der Waals surface area contributed by atoms with Crippen LogP contribution < -0.4 is 10.6 Å². The fraction of sp³-hybridized carbons (Fsp3) is 0.571. The first-order chi connectivity index (χ1) is 15.0. The molecule has 2 amide bonds. The zero-order chi connectivity index (χ0) is 23.9. The first-order valence-electron chi connectivity index (χ1n) is 10.4. The third kappa shape index (κ3) is 6.92. The molecule has 1 aliphatic rings. The monoisotopic (exact) mass is 469 g/mol. The van der Waals surface area contributed by atoms with Crippen LogP contribution in [0, 0.1) is 0 Å². The molecule has 0 aromatic heterocycles. The molecule has 2 N–H and O–H groups in total. The largest absolute Gasteiger partial charge is 0.467 e. The minimum Gasteiger partial charge on any atom is -0.467 e. The lowest BCUT2D eigenvalue weighted by atomic mass is 10.1. The number of nitrogens with one attached hydrogen (secondary N) is 2. The minimum atomic E-state index is -3.86. The quantitative estimate of drug-likeness (QED) is 0.550. The molecule has 178 valence electrons. The van der Waals surface area contributed by atoms with Gasteiger partial charge in [-0.1, -0.05) is 18.2 Å². The first-order valence-corrected chi connectivity index (χ1v) is 11.8. The smallest absolute Gasteiger partial charge is 0.407 e. The maximum atomic E-state index is 13.0. The van der Waals surface area contributed by atoms with Crippen molar-refractivity contribution in [2.75, 3.05) is 20.2 Å². The Hall–Kier alpha value is -2.66. The number of benzene rings is 1. The normalized spacial score (nSPS) is 17.9. The van der Waals surface area contributed by atoms with Crippen molar-refractivity contribution in [1.82, 2.24) is 14.9 Å². The van der Waals surface area contributed by atoms with Crippen LogP contribution in [0.3, 0.4) is 0 Å². The zero-order valence-electron chi connectivity index (χ0n) is 18.8. The molecule has 1 aromatic rings. The lowest BCUT2D eigenvalue weighted by Gasteiger charge is -2.25. The molecule has 11 heteroatoms. The van der Waals surface area contributed by atoms with Gasteiger partial charge in [0.15, 0.2) is 0 Å². The van der Waals surface area contributed by atoms with E-state index in [0.29, 0.717) is 12.8 Å². The maximum absolute atomic E-state index is 13.0. The fourth-order valence-corrected chi connectivity index (χ4v) is 4.99. The third-order valence-corrected chi connectivity index (χ3v) is 6.68. The van der Waals surface area contributed by atoms with Crippen molar-refractivity contribution < 1.29 is 32.3 Å². The Kier molecular flexibility index (Phi) is 8.62. The number of hydrogen-bond donors (Lipinski definition) is 2. The van der Waals surface area contributed by atoms with Crippen LogP contribution in [-0.4, -0.2) is 68.6 Å². The summed E-state index contributed by atoms with van der Waals surface area (Å²) in [6.45, 7) is 5.42. The van der Waals surface area contributed by atoms with Crippen LogP contribution in [-0.2, 0) is 29.1 Å². The van der Waals surface area contributed by atoms with E-state index in [-0.39, 0.29) is 24.4 Å². The van der Waals surface area contributed by atoms with Crippen molar-refractivity contribution in [3.05, 3.63) is 30.3 Å². The molecule has 1 saturated heterocycles. The number of alkyl carbamates (subject to hydrolysis) is 1. The number of ether oxygens (including phenoxy) is 2. The van der Waals surface area contributed by atoms with Crippen LogP contribution in [0.4, 0.5) is 4.79 Å². The predicted molar refractivity (Wildman–Crippen MR) is 116 cm³/mol. The molecule has 0 spiro atoms. The summed E-state index contributed by atoms with van der Waals surface area (Å²) < 4.78 is 37.0. The lowest BCUT2D eigenvalue weighted by Crippen LogP contribution is -2.51. The number of methoxy groups -OCH3 is 1. The molecule has 2 rings (SSSR count). The first kappa shape index (κ1) is 25.6. The summed E-state index contributed by atoms with van der Waals surface area (Å²) in [5.74, 6) is -1.28. The zero-order valence-corrected chi connectivity index (χ0v) is 19.6. The molecule has 1 heterocycles. The number of sulfonamides is 1. The van der Waals surface area contributed by atoms with Gasteiger partial charge in [-0.25, -0.2) is 18.0 Å². The molecule has 1 aromatic carbocycles. The molecular formula is C21H31N3O7S. The molecule has 2 atom stereocenters. The Bertz CT molecular complexity index is 913. The van der Waals surface area contributed by atoms with Crippen LogP contribution in [0.25, 0.3) is 0 Å². The molecule has 0 bridgehead atoms. The summed E-state index contributed by atoms with van der Waals surface area (Å²) in [7, 11) is -2.67. The van der Waals surface area contributed by atoms with Gasteiger partial charge in [-0.2, -0.15) is 4.31 Å². The van der Waals surface area contributed by atoms with Crippen LogP contribution in [0.15, 0.2) is 35.2 Å². The summed E-state index contributed by atoms with van der Waals surface area (Å²) in [5, 5.41) is 5.09. The van der Waals surface area contributed by atoms with Gasteiger partial charge in [0, 0.05) is 13.1 Å². The summed E-state index contributed by atoms with van der Waals surface area (Å²) >= 11 is 0. The standard InChI is InChI=1S/C21H31N3O7S/c1-21(2,3)31-20(27)22-13-12-16(19(26)30-4)23-18(25)17-11-8-14-24(17)32(28,29)15-9-6-5-7-10-15/h5-7,9-10,16-17H,8,11-14H2,1-4H3,(H,22,27)(H,23,25)/t16-,17-/m0/s1. The van der Waals surface area contributed by atoms with Crippen LogP contribution in [0.1, 0.15) is 40.0 Å². The minimum absolute atomic E-state index is 0.0473. The molecule has 0 unspecified atom stereocenters. The summed E-state index contributed by atoms with van der Waals surface area (Å²) in [5.41, 5.74) is -0.670. The number of nitrogens with zero attached hydrogens (tertiary/aromatic N) is 1. The van der Waals surface area contributed by atoms with E-state index in [0.717, 1.165) is 4.31 Å². The van der Waals surface area contributed by atoms with Gasteiger partial charge in [0.05, 0.1) is 12.0 Å². The summed E-state index contributed by atoms with van der Waals surface area (Å²) in [6, 6.07) is 5.89. The highest BCUT2D eigenvalue weighted by Crippen LogP contribution is 2.26. The molecule has 0 aliphatic carbocycles. The SMILES string of the molecule is COC(=O)[C@H](CCNC(=O)OC(C)(C)C)NC(=O)[C@@H]1CCCN1S(=O)(=O)c1ccccc1. The van der Waals surface area contributed by atoms with E-state index in [1.165, 1.54) is 19.2 Å². The Morgan fingerprint density at radius 1 is 1.19 bits per heavy atom. The van der Waals surface area contributed by atoms with E-state index in [1.54, 1.807) is 39.0 Å². The number of esters is 1. The summed E-state index contributed by atoms with van der Waals surface area (Å²) in [4.78, 5) is 37.0. The number of hydrogen-bond acceptors (Lipinski definition) is 7. The van der Waals surface area contributed by atoms with Crippen LogP contribution in [0.5, 0.6) is 0 Å². The molecule has 0 radical (unpaired) electrons. The second-order valence-corrected chi connectivity index (χ2v) is 10.3. The highest BCUT2D eigenvalue weighted by atomic mass is 32.2. The second-order valence-electron chi connectivity index (χ2n) is 8.39. The van der Waals surface area contributed by atoms with Gasteiger partial charge in [-0.05, 0) is 52.2 Å². The lowest BCUT2D eigenvalue weighted by molar-refractivity contribution is -0.145. The van der Waals surface area contributed by atoms with Crippen molar-refractivity contribution >= 4 is 28.0 Å². The fourth-order valence-electron chi connectivity index (χ4n) is 3.31. The third-order valence-electron chi connectivity index (χ3n) is 4.76. The Morgan fingerprint density at radius 3 is 2.44 bits per heavy atom. The Morgan fingerprint density at radius 2 is 1.84 bits per heavy atom. The van der Waals surface area contributed by atoms with Gasteiger partial charge in [0.25, 0.3) is 0 Å². The van der Waals surface area contributed by atoms with E-state index >= 15 is 0 Å². The van der Waals surface area contributed by atoms with Gasteiger partial charge in [0.2, 0.25) is 15.9 Å². The molecule has 10 nitrogen and oxygen atoms in total. The predicted octanol–water partition coefficient (Wildman–Crippen LogP) is 1.41. The van der Waals surface area contributed by atoms with Crippen molar-refractivity contribution in [2.45, 2.75) is 62.6 Å². The molecule has 1 fully saturated rings. The van der Waals surface area contributed by atoms with E-state index in [4.69, 9.17) is 9.47 Å².